The molecule has 88 valence electrons. The van der Waals surface area contributed by atoms with E-state index in [-0.39, 0.29) is 0 Å². The van der Waals surface area contributed by atoms with Crippen molar-refractivity contribution in [1.29, 1.82) is 0 Å². The molecule has 0 spiro atoms. The Labute approximate surface area is 98.3 Å². The lowest BCUT2D eigenvalue weighted by Gasteiger charge is -2.04. The zero-order chi connectivity index (χ0) is 12.1. The quantitative estimate of drug-likeness (QED) is 0.587. The second kappa shape index (κ2) is 5.27. The molecule has 2 N–H and O–H groups in total. The monoisotopic (exact) mass is 231 g/mol. The molecule has 2 rings (SSSR count). The minimum absolute atomic E-state index is 0.396. The maximum absolute atomic E-state index is 11.3. The summed E-state index contributed by atoms with van der Waals surface area (Å²) in [5, 5.41) is 16.6. The molecule has 0 bridgehead atoms. The minimum Gasteiger partial charge on any atom is -0.596 e. The third-order valence-corrected chi connectivity index (χ3v) is 2.38. The molecule has 0 unspecified atom stereocenters. The van der Waals surface area contributed by atoms with Gasteiger partial charge in [-0.05, 0) is 5.56 Å². The van der Waals surface area contributed by atoms with Crippen LogP contribution >= 0.6 is 0 Å². The van der Waals surface area contributed by atoms with Crippen LogP contribution in [0, 0.1) is 5.21 Å². The summed E-state index contributed by atoms with van der Waals surface area (Å²) >= 11 is 0. The average molecular weight is 231 g/mol. The molecule has 1 aromatic carbocycles. The summed E-state index contributed by atoms with van der Waals surface area (Å²) in [7, 11) is 0. The molecule has 0 aliphatic rings. The summed E-state index contributed by atoms with van der Waals surface area (Å²) in [6, 6.07) is 12.8. The SMILES string of the molecule is O=c1ccc(CNCc2ccccc2)[n+]([O-])[nH]1. The Bertz CT molecular complexity index is 537. The number of rotatable bonds is 4. The number of H-pyrrole nitrogens is 1. The Kier molecular flexibility index (Phi) is 3.52. The van der Waals surface area contributed by atoms with Crippen LogP contribution in [0.1, 0.15) is 11.3 Å². The maximum Gasteiger partial charge on any atom is 0.299 e. The summed E-state index contributed by atoms with van der Waals surface area (Å²) in [5.41, 5.74) is 1.24. The summed E-state index contributed by atoms with van der Waals surface area (Å²) in [5.74, 6) is 0. The van der Waals surface area contributed by atoms with Crippen molar-refractivity contribution in [2.24, 2.45) is 0 Å². The zero-order valence-electron chi connectivity index (χ0n) is 9.22. The molecule has 0 amide bonds. The van der Waals surface area contributed by atoms with Gasteiger partial charge in [-0.1, -0.05) is 35.2 Å². The molecule has 2 aromatic rings. The average Bonchev–Trinajstić information content (AvgIpc) is 2.33. The van der Waals surface area contributed by atoms with Crippen molar-refractivity contribution in [2.75, 3.05) is 0 Å². The number of aromatic amines is 1. The van der Waals surface area contributed by atoms with Gasteiger partial charge in [0, 0.05) is 18.7 Å². The first kappa shape index (κ1) is 11.3. The minimum atomic E-state index is -0.396. The molecule has 0 radical (unpaired) electrons. The molecular weight excluding hydrogens is 218 g/mol. The smallest absolute Gasteiger partial charge is 0.299 e. The molecule has 0 aliphatic heterocycles. The third-order valence-electron chi connectivity index (χ3n) is 2.38. The van der Waals surface area contributed by atoms with E-state index < -0.39 is 5.56 Å². The highest BCUT2D eigenvalue weighted by Gasteiger charge is 2.04. The van der Waals surface area contributed by atoms with Crippen molar-refractivity contribution in [1.82, 2.24) is 10.4 Å². The predicted octanol–water partition coefficient (Wildman–Crippen LogP) is 0.298. The highest BCUT2D eigenvalue weighted by atomic mass is 16.5. The molecule has 0 fully saturated rings. The van der Waals surface area contributed by atoms with Gasteiger partial charge in [0.15, 0.2) is 0 Å². The number of benzene rings is 1. The van der Waals surface area contributed by atoms with Crippen LogP contribution in [0.25, 0.3) is 0 Å². The van der Waals surface area contributed by atoms with Crippen LogP contribution in [0.2, 0.25) is 0 Å². The van der Waals surface area contributed by atoms with Gasteiger partial charge < -0.3 is 10.5 Å². The maximum atomic E-state index is 11.3. The highest BCUT2D eigenvalue weighted by Crippen LogP contribution is 1.97. The zero-order valence-corrected chi connectivity index (χ0v) is 9.22. The Morgan fingerprint density at radius 2 is 1.88 bits per heavy atom. The van der Waals surface area contributed by atoms with Gasteiger partial charge >= 0.3 is 0 Å². The van der Waals surface area contributed by atoms with E-state index >= 15 is 0 Å². The first-order chi connectivity index (χ1) is 8.25. The van der Waals surface area contributed by atoms with Crippen molar-refractivity contribution < 1.29 is 4.85 Å². The van der Waals surface area contributed by atoms with Crippen molar-refractivity contribution in [3.8, 4) is 0 Å². The van der Waals surface area contributed by atoms with Gasteiger partial charge in [0.25, 0.3) is 5.56 Å². The summed E-state index contributed by atoms with van der Waals surface area (Å²) in [4.78, 5) is 11.3. The third kappa shape index (κ3) is 3.15. The van der Waals surface area contributed by atoms with Gasteiger partial charge in [0.05, 0.1) is 6.54 Å². The standard InChI is InChI=1S/C12H13N3O2/c16-12-7-6-11(15(17)14-12)9-13-8-10-4-2-1-3-5-10/h1-7,13H,8-9H2,(H,14,16). The topological polar surface area (TPSA) is 71.8 Å². The van der Waals surface area contributed by atoms with E-state index in [1.807, 2.05) is 30.3 Å². The van der Waals surface area contributed by atoms with Crippen molar-refractivity contribution in [3.05, 3.63) is 69.3 Å². The number of hydrogen-bond donors (Lipinski definition) is 2. The molecule has 0 saturated carbocycles. The van der Waals surface area contributed by atoms with Crippen LogP contribution in [0.5, 0.6) is 0 Å². The summed E-state index contributed by atoms with van der Waals surface area (Å²) in [6.07, 6.45) is 0. The molecule has 0 aliphatic carbocycles. The van der Waals surface area contributed by atoms with E-state index in [9.17, 15) is 10.0 Å². The van der Waals surface area contributed by atoms with Crippen molar-refractivity contribution in [2.45, 2.75) is 13.1 Å². The van der Waals surface area contributed by atoms with Crippen LogP contribution in [0.15, 0.2) is 47.3 Å². The fourth-order valence-electron chi connectivity index (χ4n) is 1.51. The number of hydrogen-bond acceptors (Lipinski definition) is 3. The molecule has 5 nitrogen and oxygen atoms in total. The Morgan fingerprint density at radius 1 is 1.12 bits per heavy atom. The normalized spacial score (nSPS) is 10.4. The Morgan fingerprint density at radius 3 is 2.59 bits per heavy atom. The van der Waals surface area contributed by atoms with E-state index in [2.05, 4.69) is 10.4 Å². The van der Waals surface area contributed by atoms with Gasteiger partial charge in [-0.15, -0.1) is 5.10 Å². The number of nitrogens with one attached hydrogen (secondary N) is 2. The van der Waals surface area contributed by atoms with E-state index in [0.717, 1.165) is 5.56 Å². The fourth-order valence-corrected chi connectivity index (χ4v) is 1.51. The molecule has 17 heavy (non-hydrogen) atoms. The first-order valence-electron chi connectivity index (χ1n) is 5.32. The number of nitrogens with zero attached hydrogens (tertiary/aromatic N) is 1. The van der Waals surface area contributed by atoms with Crippen molar-refractivity contribution in [3.63, 3.8) is 0 Å². The Balaban J connectivity index is 1.92. The number of aromatic nitrogens is 2. The lowest BCUT2D eigenvalue weighted by molar-refractivity contribution is -0.678. The van der Waals surface area contributed by atoms with Gasteiger partial charge in [-0.3, -0.25) is 4.79 Å². The highest BCUT2D eigenvalue weighted by molar-refractivity contribution is 5.14. The van der Waals surface area contributed by atoms with E-state index in [1.54, 1.807) is 0 Å². The molecular formula is C12H13N3O2. The molecule has 1 aromatic heterocycles. The van der Waals surface area contributed by atoms with Crippen LogP contribution in [-0.2, 0) is 13.1 Å². The molecule has 5 heteroatoms. The van der Waals surface area contributed by atoms with Crippen LogP contribution in [-0.4, -0.2) is 5.10 Å². The van der Waals surface area contributed by atoms with Crippen LogP contribution < -0.4 is 15.7 Å². The molecule has 0 atom stereocenters. The lowest BCUT2D eigenvalue weighted by Crippen LogP contribution is -2.42. The van der Waals surface area contributed by atoms with Gasteiger partial charge in [0.2, 0.25) is 5.69 Å². The second-order valence-corrected chi connectivity index (χ2v) is 3.68. The van der Waals surface area contributed by atoms with Gasteiger partial charge in [-0.2, -0.15) is 0 Å². The summed E-state index contributed by atoms with van der Waals surface area (Å²) < 4.78 is 0. The Hall–Kier alpha value is -2.14. The van der Waals surface area contributed by atoms with Crippen molar-refractivity contribution >= 4 is 0 Å². The van der Waals surface area contributed by atoms with Gasteiger partial charge in [-0.25, -0.2) is 0 Å². The van der Waals surface area contributed by atoms with Gasteiger partial charge in [0.1, 0.15) is 0 Å². The van der Waals surface area contributed by atoms with Crippen LogP contribution in [0.4, 0.5) is 0 Å². The van der Waals surface area contributed by atoms with E-state index in [0.29, 0.717) is 23.6 Å². The van der Waals surface area contributed by atoms with E-state index in [4.69, 9.17) is 0 Å². The van der Waals surface area contributed by atoms with Crippen LogP contribution in [0.3, 0.4) is 0 Å². The first-order valence-corrected chi connectivity index (χ1v) is 5.32. The second-order valence-electron chi connectivity index (χ2n) is 3.68. The fraction of sp³-hybridized carbons (Fsp3) is 0.167. The molecule has 1 heterocycles. The lowest BCUT2D eigenvalue weighted by atomic mass is 10.2. The largest absolute Gasteiger partial charge is 0.596 e. The van der Waals surface area contributed by atoms with E-state index in [1.165, 1.54) is 12.1 Å². The molecule has 0 saturated heterocycles. The summed E-state index contributed by atoms with van der Waals surface area (Å²) in [6.45, 7) is 1.09. The predicted molar refractivity (Wildman–Crippen MR) is 63.0 cm³/mol.